The minimum Gasteiger partial charge on any atom is -0.310 e. The first-order valence-corrected chi connectivity index (χ1v) is 21.1. The topological polar surface area (TPSA) is 3.24 Å². The summed E-state index contributed by atoms with van der Waals surface area (Å²) in [6.45, 7) is 9.76. The monoisotopic (exact) mass is 715 g/mol. The van der Waals surface area contributed by atoms with Crippen LogP contribution in [0.25, 0.3) is 33.4 Å². The van der Waals surface area contributed by atoms with Crippen LogP contribution in [0.4, 0.5) is 17.1 Å². The van der Waals surface area contributed by atoms with E-state index in [0.717, 1.165) is 23.7 Å². The standard InChI is InChI=1S/C54H53N/c1-52(2)25-26-53(3,4)51-34-45(21-24-49(51)52)55(43-18-15-39(16-19-43)37-11-7-5-8-12-37)44-20-23-48-47(33-44)46-22-17-40(38-13-9-6-10-14-38)32-50(46)54(48)41-28-35-27-36(30-41)31-42(54)29-35/h5-24,32-36,41-42H,25-31H2,1-4H3. The first-order chi connectivity index (χ1) is 26.7. The number of anilines is 3. The third kappa shape index (κ3) is 5.04. The van der Waals surface area contributed by atoms with Gasteiger partial charge in [-0.15, -0.1) is 0 Å². The van der Waals surface area contributed by atoms with Gasteiger partial charge in [0.2, 0.25) is 0 Å². The lowest BCUT2D eigenvalue weighted by atomic mass is 9.43. The molecule has 1 heteroatoms. The molecule has 0 radical (unpaired) electrons. The summed E-state index contributed by atoms with van der Waals surface area (Å²) in [6, 6.07) is 53.7. The highest BCUT2D eigenvalue weighted by molar-refractivity contribution is 5.89. The molecule has 4 saturated carbocycles. The molecule has 0 N–H and O–H groups in total. The molecule has 12 rings (SSSR count). The molecule has 6 aliphatic rings. The zero-order valence-electron chi connectivity index (χ0n) is 33.0. The number of fused-ring (bicyclic) bond motifs is 4. The summed E-state index contributed by atoms with van der Waals surface area (Å²) in [6.07, 6.45) is 9.47. The van der Waals surface area contributed by atoms with Crippen molar-refractivity contribution in [2.45, 2.75) is 88.9 Å². The summed E-state index contributed by atoms with van der Waals surface area (Å²) >= 11 is 0. The summed E-state index contributed by atoms with van der Waals surface area (Å²) in [5, 5.41) is 0. The van der Waals surface area contributed by atoms with E-state index in [1.165, 1.54) is 107 Å². The van der Waals surface area contributed by atoms with Gasteiger partial charge in [0.05, 0.1) is 0 Å². The van der Waals surface area contributed by atoms with Crippen molar-refractivity contribution in [1.82, 2.24) is 0 Å². The zero-order chi connectivity index (χ0) is 37.1. The van der Waals surface area contributed by atoms with Crippen LogP contribution in [-0.4, -0.2) is 0 Å². The minimum atomic E-state index is 0.116. The third-order valence-electron chi connectivity index (χ3n) is 15.3. The Hall–Kier alpha value is -4.88. The van der Waals surface area contributed by atoms with Crippen LogP contribution in [-0.2, 0) is 16.2 Å². The number of rotatable bonds is 5. The van der Waals surface area contributed by atoms with Gasteiger partial charge in [0.1, 0.15) is 0 Å². The summed E-state index contributed by atoms with van der Waals surface area (Å²) in [5.41, 5.74) is 18.5. The molecule has 0 atom stereocenters. The van der Waals surface area contributed by atoms with Gasteiger partial charge in [-0.1, -0.05) is 125 Å². The van der Waals surface area contributed by atoms with E-state index >= 15 is 0 Å². The number of hydrogen-bond donors (Lipinski definition) is 0. The van der Waals surface area contributed by atoms with Crippen LogP contribution in [0.15, 0.2) is 140 Å². The van der Waals surface area contributed by atoms with Crippen molar-refractivity contribution >= 4 is 17.1 Å². The van der Waals surface area contributed by atoms with Crippen LogP contribution >= 0.6 is 0 Å². The molecule has 0 unspecified atom stereocenters. The van der Waals surface area contributed by atoms with E-state index in [9.17, 15) is 0 Å². The average Bonchev–Trinajstić information content (AvgIpc) is 3.49. The van der Waals surface area contributed by atoms with Gasteiger partial charge in [-0.25, -0.2) is 0 Å². The van der Waals surface area contributed by atoms with Crippen LogP contribution in [0.2, 0.25) is 0 Å². The molecule has 274 valence electrons. The minimum absolute atomic E-state index is 0.116. The van der Waals surface area contributed by atoms with Gasteiger partial charge >= 0.3 is 0 Å². The lowest BCUT2D eigenvalue weighted by Gasteiger charge is -2.61. The second-order valence-corrected chi connectivity index (χ2v) is 19.3. The van der Waals surface area contributed by atoms with E-state index in [0.29, 0.717) is 0 Å². The second kappa shape index (κ2) is 12.1. The molecule has 1 spiro atoms. The van der Waals surface area contributed by atoms with Crippen LogP contribution in [0.3, 0.4) is 0 Å². The van der Waals surface area contributed by atoms with E-state index in [-0.39, 0.29) is 16.2 Å². The van der Waals surface area contributed by atoms with Crippen molar-refractivity contribution in [2.24, 2.45) is 23.7 Å². The molecule has 0 amide bonds. The zero-order valence-corrected chi connectivity index (χ0v) is 33.0. The predicted octanol–water partition coefficient (Wildman–Crippen LogP) is 14.6. The molecule has 1 nitrogen and oxygen atoms in total. The maximum absolute atomic E-state index is 2.62. The van der Waals surface area contributed by atoms with Crippen LogP contribution in [0.1, 0.15) is 94.9 Å². The fourth-order valence-electron chi connectivity index (χ4n) is 12.7. The van der Waals surface area contributed by atoms with Gasteiger partial charge in [0.25, 0.3) is 0 Å². The van der Waals surface area contributed by atoms with Gasteiger partial charge in [-0.3, -0.25) is 0 Å². The van der Waals surface area contributed by atoms with Crippen molar-refractivity contribution in [2.75, 3.05) is 4.90 Å². The molecule has 0 saturated heterocycles. The highest BCUT2D eigenvalue weighted by Crippen LogP contribution is 2.70. The van der Waals surface area contributed by atoms with Gasteiger partial charge in [-0.05, 0) is 178 Å². The molecular formula is C54H53N. The molecule has 4 bridgehead atoms. The SMILES string of the molecule is CC1(C)CCC(C)(C)c2cc(N(c3ccc(-c4ccccc4)cc3)c3ccc4c(c3)-c3ccc(-c5ccccc5)cc3C43C4CC5CC(C4)CC3C5)ccc21. The lowest BCUT2D eigenvalue weighted by Crippen LogP contribution is -2.55. The summed E-state index contributed by atoms with van der Waals surface area (Å²) in [5.74, 6) is 3.30. The first kappa shape index (κ1) is 33.5. The highest BCUT2D eigenvalue weighted by atomic mass is 15.1. The number of hydrogen-bond acceptors (Lipinski definition) is 1. The molecular weight excluding hydrogens is 663 g/mol. The smallest absolute Gasteiger partial charge is 0.0468 e. The van der Waals surface area contributed by atoms with Gasteiger partial charge in [0, 0.05) is 22.5 Å². The van der Waals surface area contributed by atoms with Crippen LogP contribution < -0.4 is 4.90 Å². The molecule has 0 aliphatic heterocycles. The number of nitrogens with zero attached hydrogens (tertiary/aromatic N) is 1. The van der Waals surface area contributed by atoms with E-state index in [1.807, 2.05) is 0 Å². The normalized spacial score (nSPS) is 26.0. The molecule has 55 heavy (non-hydrogen) atoms. The summed E-state index contributed by atoms with van der Waals surface area (Å²) in [4.78, 5) is 2.55. The second-order valence-electron chi connectivity index (χ2n) is 19.3. The van der Waals surface area contributed by atoms with Crippen molar-refractivity contribution in [3.05, 3.63) is 162 Å². The van der Waals surface area contributed by atoms with Crippen molar-refractivity contribution in [1.29, 1.82) is 0 Å². The Bertz CT molecular complexity index is 2400. The Kier molecular flexibility index (Phi) is 7.34. The Morgan fingerprint density at radius 2 is 0.909 bits per heavy atom. The molecule has 4 fully saturated rings. The Balaban J connectivity index is 1.10. The van der Waals surface area contributed by atoms with Crippen molar-refractivity contribution in [3.63, 3.8) is 0 Å². The highest BCUT2D eigenvalue weighted by Gasteiger charge is 2.61. The van der Waals surface area contributed by atoms with E-state index in [1.54, 1.807) is 11.1 Å². The quantitative estimate of drug-likeness (QED) is 0.172. The maximum atomic E-state index is 2.62. The van der Waals surface area contributed by atoms with Crippen LogP contribution in [0, 0.1) is 23.7 Å². The summed E-state index contributed by atoms with van der Waals surface area (Å²) in [7, 11) is 0. The first-order valence-electron chi connectivity index (χ1n) is 21.1. The Morgan fingerprint density at radius 1 is 0.400 bits per heavy atom. The van der Waals surface area contributed by atoms with Crippen molar-refractivity contribution in [3.8, 4) is 33.4 Å². The number of benzene rings is 6. The lowest BCUT2D eigenvalue weighted by molar-refractivity contribution is -0.0399. The molecule has 6 aromatic rings. The van der Waals surface area contributed by atoms with E-state index in [4.69, 9.17) is 0 Å². The largest absolute Gasteiger partial charge is 0.310 e. The van der Waals surface area contributed by atoms with Crippen molar-refractivity contribution < 1.29 is 0 Å². The Labute approximate surface area is 328 Å². The predicted molar refractivity (Wildman–Crippen MR) is 231 cm³/mol. The average molecular weight is 716 g/mol. The summed E-state index contributed by atoms with van der Waals surface area (Å²) < 4.78 is 0. The molecule has 0 heterocycles. The maximum Gasteiger partial charge on any atom is 0.0468 e. The Morgan fingerprint density at radius 3 is 1.55 bits per heavy atom. The molecule has 6 aromatic carbocycles. The van der Waals surface area contributed by atoms with Gasteiger partial charge in [0.15, 0.2) is 0 Å². The third-order valence-corrected chi connectivity index (χ3v) is 15.3. The van der Waals surface area contributed by atoms with Gasteiger partial charge < -0.3 is 4.90 Å². The van der Waals surface area contributed by atoms with E-state index in [2.05, 4.69) is 172 Å². The fourth-order valence-corrected chi connectivity index (χ4v) is 12.7. The van der Waals surface area contributed by atoms with Crippen LogP contribution in [0.5, 0.6) is 0 Å². The van der Waals surface area contributed by atoms with Gasteiger partial charge in [-0.2, -0.15) is 0 Å². The molecule has 6 aliphatic carbocycles. The van der Waals surface area contributed by atoms with E-state index < -0.39 is 0 Å². The molecule has 0 aromatic heterocycles. The fraction of sp³-hybridized carbons (Fsp3) is 0.333.